The zero-order chi connectivity index (χ0) is 19.9. The number of hydrogen-bond donors (Lipinski definition) is 2. The van der Waals surface area contributed by atoms with E-state index in [1.54, 1.807) is 0 Å². The van der Waals surface area contributed by atoms with E-state index in [4.69, 9.17) is 4.74 Å². The smallest absolute Gasteiger partial charge is 0.255 e. The molecule has 0 aliphatic carbocycles. The maximum atomic E-state index is 14.2. The molecular formula is C18H20F2N2O4S. The lowest BCUT2D eigenvalue weighted by Crippen LogP contribution is -2.25. The number of sulfonamides is 1. The van der Waals surface area contributed by atoms with E-state index in [0.29, 0.717) is 19.6 Å². The van der Waals surface area contributed by atoms with Crippen molar-refractivity contribution >= 4 is 21.6 Å². The van der Waals surface area contributed by atoms with Crippen molar-refractivity contribution in [3.63, 3.8) is 0 Å². The Labute approximate surface area is 156 Å². The Bertz CT molecular complexity index is 887. The van der Waals surface area contributed by atoms with Crippen molar-refractivity contribution in [3.8, 4) is 0 Å². The molecule has 0 radical (unpaired) electrons. The standard InChI is InChI=1S/C18H20F2N2O4S/c1-2-26-11-3-10-21-27(24,25)15-8-9-17(16(20)12-15)22-18(23)13-4-6-14(19)7-5-13/h4-9,12,21H,2-3,10-11H2,1H3,(H,22,23). The van der Waals surface area contributed by atoms with Crippen molar-refractivity contribution in [1.82, 2.24) is 4.72 Å². The molecule has 27 heavy (non-hydrogen) atoms. The molecule has 2 N–H and O–H groups in total. The fourth-order valence-corrected chi connectivity index (χ4v) is 3.25. The van der Waals surface area contributed by atoms with E-state index in [2.05, 4.69) is 10.0 Å². The summed E-state index contributed by atoms with van der Waals surface area (Å²) in [7, 11) is -3.87. The third-order valence-electron chi connectivity index (χ3n) is 3.57. The van der Waals surface area contributed by atoms with Gasteiger partial charge in [0.2, 0.25) is 10.0 Å². The van der Waals surface area contributed by atoms with Gasteiger partial charge < -0.3 is 10.1 Å². The van der Waals surface area contributed by atoms with Crippen LogP contribution in [0.25, 0.3) is 0 Å². The molecule has 2 aromatic carbocycles. The lowest BCUT2D eigenvalue weighted by Gasteiger charge is -2.10. The second-order valence-electron chi connectivity index (χ2n) is 5.55. The van der Waals surface area contributed by atoms with Crippen LogP contribution in [0.2, 0.25) is 0 Å². The van der Waals surface area contributed by atoms with Gasteiger partial charge in [-0.3, -0.25) is 4.79 Å². The number of hydrogen-bond acceptors (Lipinski definition) is 4. The van der Waals surface area contributed by atoms with Crippen molar-refractivity contribution < 1.29 is 26.7 Å². The Kier molecular flexibility index (Phi) is 7.40. The predicted octanol–water partition coefficient (Wildman–Crippen LogP) is 2.92. The second kappa shape index (κ2) is 9.54. The average molecular weight is 398 g/mol. The molecule has 2 rings (SSSR count). The largest absolute Gasteiger partial charge is 0.382 e. The van der Waals surface area contributed by atoms with Crippen molar-refractivity contribution in [2.75, 3.05) is 25.1 Å². The number of ether oxygens (including phenoxy) is 1. The number of amides is 1. The minimum absolute atomic E-state index is 0.142. The summed E-state index contributed by atoms with van der Waals surface area (Å²) < 4.78 is 58.9. The van der Waals surface area contributed by atoms with Gasteiger partial charge in [-0.25, -0.2) is 21.9 Å². The summed E-state index contributed by atoms with van der Waals surface area (Å²) in [6.07, 6.45) is 0.487. The first kappa shape index (κ1) is 20.9. The molecule has 0 atom stereocenters. The van der Waals surface area contributed by atoms with Gasteiger partial charge in [0.1, 0.15) is 11.6 Å². The number of halogens is 2. The molecular weight excluding hydrogens is 378 g/mol. The molecule has 146 valence electrons. The lowest BCUT2D eigenvalue weighted by atomic mass is 10.2. The van der Waals surface area contributed by atoms with Crippen molar-refractivity contribution in [2.24, 2.45) is 0 Å². The summed E-state index contributed by atoms with van der Waals surface area (Å²) in [5.74, 6) is -2.04. The normalized spacial score (nSPS) is 11.4. The average Bonchev–Trinajstić information content (AvgIpc) is 2.63. The third-order valence-corrected chi connectivity index (χ3v) is 5.03. The first-order valence-electron chi connectivity index (χ1n) is 8.27. The Hall–Kier alpha value is -2.36. The van der Waals surface area contributed by atoms with Gasteiger partial charge in [0, 0.05) is 25.3 Å². The van der Waals surface area contributed by atoms with Crippen LogP contribution in [0.15, 0.2) is 47.4 Å². The minimum atomic E-state index is -3.87. The molecule has 0 fully saturated rings. The molecule has 0 aliphatic rings. The number of rotatable bonds is 9. The van der Waals surface area contributed by atoms with Gasteiger partial charge in [-0.15, -0.1) is 0 Å². The topological polar surface area (TPSA) is 84.5 Å². The van der Waals surface area contributed by atoms with Crippen LogP contribution >= 0.6 is 0 Å². The van der Waals surface area contributed by atoms with Crippen LogP contribution in [0.1, 0.15) is 23.7 Å². The van der Waals surface area contributed by atoms with E-state index in [1.807, 2.05) is 6.92 Å². The van der Waals surface area contributed by atoms with Crippen molar-refractivity contribution in [2.45, 2.75) is 18.2 Å². The van der Waals surface area contributed by atoms with Gasteiger partial charge in [0.25, 0.3) is 5.91 Å². The van der Waals surface area contributed by atoms with E-state index in [9.17, 15) is 22.0 Å². The minimum Gasteiger partial charge on any atom is -0.382 e. The molecule has 0 saturated heterocycles. The van der Waals surface area contributed by atoms with Gasteiger partial charge in [-0.05, 0) is 55.8 Å². The molecule has 0 aromatic heterocycles. The molecule has 6 nitrogen and oxygen atoms in total. The number of carbonyl (C=O) groups is 1. The van der Waals surface area contributed by atoms with Crippen molar-refractivity contribution in [3.05, 3.63) is 59.7 Å². The Morgan fingerprint density at radius 2 is 1.81 bits per heavy atom. The summed E-state index contributed by atoms with van der Waals surface area (Å²) in [6.45, 7) is 2.96. The highest BCUT2D eigenvalue weighted by Gasteiger charge is 2.17. The molecule has 0 heterocycles. The third kappa shape index (κ3) is 6.09. The van der Waals surface area contributed by atoms with Crippen molar-refractivity contribution in [1.29, 1.82) is 0 Å². The summed E-state index contributed by atoms with van der Waals surface area (Å²) in [4.78, 5) is 11.8. The highest BCUT2D eigenvalue weighted by Crippen LogP contribution is 2.20. The Morgan fingerprint density at radius 1 is 1.11 bits per heavy atom. The van der Waals surface area contributed by atoms with Crippen LogP contribution in [0.4, 0.5) is 14.5 Å². The fourth-order valence-electron chi connectivity index (χ4n) is 2.17. The Morgan fingerprint density at radius 3 is 2.44 bits per heavy atom. The molecule has 2 aromatic rings. The van der Waals surface area contributed by atoms with E-state index < -0.39 is 27.6 Å². The molecule has 0 bridgehead atoms. The van der Waals surface area contributed by atoms with E-state index in [1.165, 1.54) is 18.2 Å². The van der Waals surface area contributed by atoms with Crippen LogP contribution in [0.3, 0.4) is 0 Å². The van der Waals surface area contributed by atoms with Gasteiger partial charge in [0.15, 0.2) is 0 Å². The number of benzene rings is 2. The number of nitrogens with one attached hydrogen (secondary N) is 2. The number of carbonyl (C=O) groups excluding carboxylic acids is 1. The summed E-state index contributed by atoms with van der Waals surface area (Å²) >= 11 is 0. The molecule has 0 spiro atoms. The molecule has 0 aliphatic heterocycles. The second-order valence-corrected chi connectivity index (χ2v) is 7.32. The zero-order valence-electron chi connectivity index (χ0n) is 14.7. The van der Waals surface area contributed by atoms with Gasteiger partial charge in [0.05, 0.1) is 10.6 Å². The summed E-state index contributed by atoms with van der Waals surface area (Å²) in [5.41, 5.74) is -0.0388. The SMILES string of the molecule is CCOCCCNS(=O)(=O)c1ccc(NC(=O)c2ccc(F)cc2)c(F)c1. The van der Waals surface area contributed by atoms with Gasteiger partial charge >= 0.3 is 0 Å². The quantitative estimate of drug-likeness (QED) is 0.636. The highest BCUT2D eigenvalue weighted by molar-refractivity contribution is 7.89. The molecule has 9 heteroatoms. The highest BCUT2D eigenvalue weighted by atomic mass is 32.2. The Balaban J connectivity index is 2.03. The maximum Gasteiger partial charge on any atom is 0.255 e. The summed E-state index contributed by atoms with van der Waals surface area (Å²) in [6, 6.07) is 7.91. The van der Waals surface area contributed by atoms with Gasteiger partial charge in [-0.1, -0.05) is 0 Å². The van der Waals surface area contributed by atoms with E-state index in [0.717, 1.165) is 24.3 Å². The summed E-state index contributed by atoms with van der Waals surface area (Å²) in [5, 5.41) is 2.32. The van der Waals surface area contributed by atoms with Crippen LogP contribution in [0.5, 0.6) is 0 Å². The van der Waals surface area contributed by atoms with Crippen LogP contribution < -0.4 is 10.0 Å². The van der Waals surface area contributed by atoms with Gasteiger partial charge in [-0.2, -0.15) is 0 Å². The van der Waals surface area contributed by atoms with E-state index >= 15 is 0 Å². The van der Waals surface area contributed by atoms with E-state index in [-0.39, 0.29) is 22.7 Å². The molecule has 0 saturated carbocycles. The van der Waals surface area contributed by atoms with Crippen LogP contribution in [-0.4, -0.2) is 34.1 Å². The number of anilines is 1. The van der Waals surface area contributed by atoms with Crippen LogP contribution in [0, 0.1) is 11.6 Å². The zero-order valence-corrected chi connectivity index (χ0v) is 15.5. The first-order valence-corrected chi connectivity index (χ1v) is 9.75. The molecule has 1 amide bonds. The maximum absolute atomic E-state index is 14.2. The van der Waals surface area contributed by atoms with Crippen LogP contribution in [-0.2, 0) is 14.8 Å². The predicted molar refractivity (Wildman–Crippen MR) is 97.1 cm³/mol. The molecule has 0 unspecified atom stereocenters. The monoisotopic (exact) mass is 398 g/mol. The lowest BCUT2D eigenvalue weighted by molar-refractivity contribution is 0.102. The fraction of sp³-hybridized carbons (Fsp3) is 0.278. The first-order chi connectivity index (χ1) is 12.8.